The molecule has 0 radical (unpaired) electrons. The highest BCUT2D eigenvalue weighted by Gasteiger charge is 2.17. The standard InChI is InChI=1S/C12H16FN3O2/c1-15-4-6-16(7-5-15)14-11-3-2-9(13)8-10(11)12(17)18/h2-3,8,14H,4-7H2,1H3,(H,17,18). The number of anilines is 1. The van der Waals surface area contributed by atoms with E-state index in [2.05, 4.69) is 10.3 Å². The largest absolute Gasteiger partial charge is 0.478 e. The second kappa shape index (κ2) is 5.32. The Morgan fingerprint density at radius 1 is 1.33 bits per heavy atom. The molecule has 1 aliphatic heterocycles. The molecule has 1 aliphatic rings. The third-order valence-corrected chi connectivity index (χ3v) is 2.99. The molecule has 5 nitrogen and oxygen atoms in total. The van der Waals surface area contributed by atoms with Crippen molar-refractivity contribution < 1.29 is 14.3 Å². The van der Waals surface area contributed by atoms with E-state index in [1.54, 1.807) is 0 Å². The predicted octanol–water partition coefficient (Wildman–Crippen LogP) is 1.10. The maximum atomic E-state index is 13.0. The number of rotatable bonds is 3. The minimum Gasteiger partial charge on any atom is -0.478 e. The van der Waals surface area contributed by atoms with Crippen molar-refractivity contribution >= 4 is 11.7 Å². The summed E-state index contributed by atoms with van der Waals surface area (Å²) in [5.74, 6) is -1.68. The number of aromatic carboxylic acids is 1. The van der Waals surface area contributed by atoms with E-state index in [-0.39, 0.29) is 5.56 Å². The van der Waals surface area contributed by atoms with Crippen LogP contribution in [0, 0.1) is 5.82 Å². The lowest BCUT2D eigenvalue weighted by Crippen LogP contribution is -2.47. The van der Waals surface area contributed by atoms with Gasteiger partial charge in [0.05, 0.1) is 11.3 Å². The van der Waals surface area contributed by atoms with Gasteiger partial charge in [0.2, 0.25) is 0 Å². The Hall–Kier alpha value is -1.66. The van der Waals surface area contributed by atoms with E-state index < -0.39 is 11.8 Å². The zero-order valence-electron chi connectivity index (χ0n) is 10.2. The fraction of sp³-hybridized carbons (Fsp3) is 0.417. The van der Waals surface area contributed by atoms with Crippen LogP contribution in [0.3, 0.4) is 0 Å². The van der Waals surface area contributed by atoms with Gasteiger partial charge in [-0.05, 0) is 25.2 Å². The second-order valence-electron chi connectivity index (χ2n) is 4.40. The van der Waals surface area contributed by atoms with Crippen LogP contribution < -0.4 is 5.43 Å². The number of likely N-dealkylation sites (N-methyl/N-ethyl adjacent to an activating group) is 1. The van der Waals surface area contributed by atoms with Crippen LogP contribution in [0.2, 0.25) is 0 Å². The van der Waals surface area contributed by atoms with Crippen molar-refractivity contribution in [2.45, 2.75) is 0 Å². The van der Waals surface area contributed by atoms with Gasteiger partial charge in [0.15, 0.2) is 0 Å². The number of carbonyl (C=O) groups is 1. The fourth-order valence-electron chi connectivity index (χ4n) is 1.88. The third kappa shape index (κ3) is 2.96. The number of hydrogen-bond acceptors (Lipinski definition) is 4. The molecule has 0 aromatic heterocycles. The van der Waals surface area contributed by atoms with Gasteiger partial charge in [-0.25, -0.2) is 14.2 Å². The molecule has 0 spiro atoms. The minimum absolute atomic E-state index is 0.0473. The molecule has 0 saturated carbocycles. The summed E-state index contributed by atoms with van der Waals surface area (Å²) in [6.07, 6.45) is 0. The van der Waals surface area contributed by atoms with Gasteiger partial charge in [-0.3, -0.25) is 0 Å². The van der Waals surface area contributed by atoms with E-state index in [0.29, 0.717) is 5.69 Å². The number of carboxylic acids is 1. The van der Waals surface area contributed by atoms with Crippen LogP contribution in [-0.2, 0) is 0 Å². The van der Waals surface area contributed by atoms with Crippen molar-refractivity contribution in [1.29, 1.82) is 0 Å². The van der Waals surface area contributed by atoms with Gasteiger partial charge >= 0.3 is 5.97 Å². The summed E-state index contributed by atoms with van der Waals surface area (Å²) < 4.78 is 13.0. The number of nitrogens with one attached hydrogen (secondary N) is 1. The van der Waals surface area contributed by atoms with E-state index >= 15 is 0 Å². The Bertz CT molecular complexity index is 445. The van der Waals surface area contributed by atoms with Gasteiger partial charge in [0.1, 0.15) is 5.82 Å². The summed E-state index contributed by atoms with van der Waals surface area (Å²) in [7, 11) is 2.04. The second-order valence-corrected chi connectivity index (χ2v) is 4.40. The van der Waals surface area contributed by atoms with Crippen molar-refractivity contribution in [3.63, 3.8) is 0 Å². The average molecular weight is 253 g/mol. The molecule has 0 amide bonds. The van der Waals surface area contributed by atoms with Crippen molar-refractivity contribution in [1.82, 2.24) is 9.91 Å². The third-order valence-electron chi connectivity index (χ3n) is 2.99. The summed E-state index contributed by atoms with van der Waals surface area (Å²) in [5.41, 5.74) is 3.41. The molecule has 1 aromatic carbocycles. The summed E-state index contributed by atoms with van der Waals surface area (Å²) in [6, 6.07) is 3.74. The van der Waals surface area contributed by atoms with Gasteiger partial charge in [-0.2, -0.15) is 0 Å². The van der Waals surface area contributed by atoms with Crippen molar-refractivity contribution in [2.24, 2.45) is 0 Å². The molecule has 0 bridgehead atoms. The lowest BCUT2D eigenvalue weighted by molar-refractivity contribution is 0.0696. The normalized spacial score (nSPS) is 17.7. The lowest BCUT2D eigenvalue weighted by atomic mass is 10.2. The molecule has 6 heteroatoms. The first-order valence-corrected chi connectivity index (χ1v) is 5.79. The van der Waals surface area contributed by atoms with Gasteiger partial charge in [0.25, 0.3) is 0 Å². The van der Waals surface area contributed by atoms with E-state index in [4.69, 9.17) is 5.11 Å². The van der Waals surface area contributed by atoms with Crippen LogP contribution in [0.25, 0.3) is 0 Å². The molecule has 0 aliphatic carbocycles. The number of halogens is 1. The van der Waals surface area contributed by atoms with Crippen LogP contribution in [0.5, 0.6) is 0 Å². The molecule has 1 fully saturated rings. The highest BCUT2D eigenvalue weighted by atomic mass is 19.1. The highest BCUT2D eigenvalue weighted by molar-refractivity contribution is 5.94. The van der Waals surface area contributed by atoms with E-state index in [0.717, 1.165) is 32.2 Å². The zero-order valence-corrected chi connectivity index (χ0v) is 10.2. The Labute approximate surface area is 105 Å². The Balaban J connectivity index is 2.11. The molecular weight excluding hydrogens is 237 g/mol. The molecule has 2 N–H and O–H groups in total. The fourth-order valence-corrected chi connectivity index (χ4v) is 1.88. The number of hydrazine groups is 1. The Morgan fingerprint density at radius 2 is 2.00 bits per heavy atom. The quantitative estimate of drug-likeness (QED) is 0.844. The van der Waals surface area contributed by atoms with Gasteiger partial charge in [-0.15, -0.1) is 0 Å². The molecule has 98 valence electrons. The first-order chi connectivity index (χ1) is 8.56. The van der Waals surface area contributed by atoms with Crippen molar-refractivity contribution in [3.8, 4) is 0 Å². The summed E-state index contributed by atoms with van der Waals surface area (Å²) in [5, 5.41) is 11.0. The maximum Gasteiger partial charge on any atom is 0.337 e. The highest BCUT2D eigenvalue weighted by Crippen LogP contribution is 2.18. The summed E-state index contributed by atoms with van der Waals surface area (Å²) in [4.78, 5) is 13.2. The molecule has 1 saturated heterocycles. The zero-order chi connectivity index (χ0) is 13.1. The molecule has 0 atom stereocenters. The predicted molar refractivity (Wildman–Crippen MR) is 66.1 cm³/mol. The van der Waals surface area contributed by atoms with E-state index in [1.165, 1.54) is 12.1 Å². The van der Waals surface area contributed by atoms with Crippen LogP contribution in [0.4, 0.5) is 10.1 Å². The first-order valence-electron chi connectivity index (χ1n) is 5.79. The lowest BCUT2D eigenvalue weighted by Gasteiger charge is -2.33. The van der Waals surface area contributed by atoms with Crippen LogP contribution in [0.1, 0.15) is 10.4 Å². The minimum atomic E-state index is -1.13. The van der Waals surface area contributed by atoms with Gasteiger partial charge < -0.3 is 15.4 Å². The van der Waals surface area contributed by atoms with Gasteiger partial charge in [0, 0.05) is 26.2 Å². The molecule has 1 heterocycles. The Kier molecular flexibility index (Phi) is 3.78. The summed E-state index contributed by atoms with van der Waals surface area (Å²) >= 11 is 0. The number of nitrogens with zero attached hydrogens (tertiary/aromatic N) is 2. The number of benzene rings is 1. The monoisotopic (exact) mass is 253 g/mol. The SMILES string of the molecule is CN1CCN(Nc2ccc(F)cc2C(=O)O)CC1. The molecular formula is C12H16FN3O2. The molecule has 1 aromatic rings. The Morgan fingerprint density at radius 3 is 2.61 bits per heavy atom. The number of hydrogen-bond donors (Lipinski definition) is 2. The smallest absolute Gasteiger partial charge is 0.337 e. The van der Waals surface area contributed by atoms with Crippen molar-refractivity contribution in [2.75, 3.05) is 38.7 Å². The maximum absolute atomic E-state index is 13.0. The number of piperazine rings is 1. The topological polar surface area (TPSA) is 55.8 Å². The van der Waals surface area contributed by atoms with E-state index in [1.807, 2.05) is 12.1 Å². The van der Waals surface area contributed by atoms with Crippen molar-refractivity contribution in [3.05, 3.63) is 29.6 Å². The van der Waals surface area contributed by atoms with Gasteiger partial charge in [-0.1, -0.05) is 0 Å². The average Bonchev–Trinajstić information content (AvgIpc) is 2.34. The molecule has 0 unspecified atom stereocenters. The molecule has 18 heavy (non-hydrogen) atoms. The number of carboxylic acid groups (broad SMARTS) is 1. The molecule has 2 rings (SSSR count). The van der Waals surface area contributed by atoms with Crippen LogP contribution >= 0.6 is 0 Å². The summed E-state index contributed by atoms with van der Waals surface area (Å²) in [6.45, 7) is 3.42. The van der Waals surface area contributed by atoms with Crippen LogP contribution in [0.15, 0.2) is 18.2 Å². The van der Waals surface area contributed by atoms with Crippen LogP contribution in [-0.4, -0.2) is 54.2 Å². The first kappa shape index (κ1) is 12.8. The van der Waals surface area contributed by atoms with E-state index in [9.17, 15) is 9.18 Å².